The summed E-state index contributed by atoms with van der Waals surface area (Å²) in [6, 6.07) is 0. The van der Waals surface area contributed by atoms with E-state index in [0.717, 1.165) is 7.11 Å². The standard InChI is InChI=1S/C8H6F3NO3/c1-15-8(14)3-2-12-5(7(10)11)4(9)6(3)13/h2,7H,1H3,(H,12,13). The monoisotopic (exact) mass is 221 g/mol. The van der Waals surface area contributed by atoms with Crippen LogP contribution in [0, 0.1) is 5.82 Å². The van der Waals surface area contributed by atoms with Crippen molar-refractivity contribution in [2.45, 2.75) is 6.43 Å². The number of carbonyl (C=O) groups excluding carboxylic acids is 1. The fourth-order valence-corrected chi connectivity index (χ4v) is 0.940. The Kier molecular flexibility index (Phi) is 3.13. The molecule has 0 aliphatic rings. The number of hydrogen-bond donors (Lipinski definition) is 1. The van der Waals surface area contributed by atoms with Gasteiger partial charge in [0.05, 0.1) is 7.11 Å². The summed E-state index contributed by atoms with van der Waals surface area (Å²) in [6.45, 7) is 0. The summed E-state index contributed by atoms with van der Waals surface area (Å²) in [4.78, 5) is 23.8. The average molecular weight is 221 g/mol. The molecule has 0 fully saturated rings. The number of ether oxygens (including phenoxy) is 1. The minimum atomic E-state index is -3.15. The van der Waals surface area contributed by atoms with E-state index in [0.29, 0.717) is 6.20 Å². The highest BCUT2D eigenvalue weighted by atomic mass is 19.3. The fourth-order valence-electron chi connectivity index (χ4n) is 0.940. The minimum absolute atomic E-state index is 0.653. The van der Waals surface area contributed by atoms with Gasteiger partial charge in [0.2, 0.25) is 5.43 Å². The predicted octanol–water partition coefficient (Wildman–Crippen LogP) is 1.24. The molecular weight excluding hydrogens is 215 g/mol. The van der Waals surface area contributed by atoms with Crippen LogP contribution in [0.3, 0.4) is 0 Å². The number of rotatable bonds is 2. The number of carbonyl (C=O) groups is 1. The van der Waals surface area contributed by atoms with Crippen LogP contribution in [0.2, 0.25) is 0 Å². The maximum atomic E-state index is 13.0. The van der Waals surface area contributed by atoms with Crippen LogP contribution >= 0.6 is 0 Å². The van der Waals surface area contributed by atoms with Crippen molar-refractivity contribution in [3.8, 4) is 0 Å². The molecule has 0 saturated carbocycles. The molecule has 1 N–H and O–H groups in total. The fraction of sp³-hybridized carbons (Fsp3) is 0.250. The first-order valence-electron chi connectivity index (χ1n) is 3.76. The Balaban J connectivity index is 3.34. The molecule has 0 amide bonds. The molecule has 0 radical (unpaired) electrons. The molecule has 0 aliphatic heterocycles. The molecule has 15 heavy (non-hydrogen) atoms. The second kappa shape index (κ2) is 4.16. The van der Waals surface area contributed by atoms with Crippen molar-refractivity contribution < 1.29 is 22.7 Å². The summed E-state index contributed by atoms with van der Waals surface area (Å²) in [5.74, 6) is -2.76. The van der Waals surface area contributed by atoms with E-state index in [1.54, 1.807) is 0 Å². The number of alkyl halides is 2. The molecule has 0 unspecified atom stereocenters. The third-order valence-electron chi connectivity index (χ3n) is 1.68. The van der Waals surface area contributed by atoms with Gasteiger partial charge in [-0.3, -0.25) is 4.79 Å². The van der Waals surface area contributed by atoms with Crippen molar-refractivity contribution in [1.82, 2.24) is 4.98 Å². The largest absolute Gasteiger partial charge is 0.465 e. The summed E-state index contributed by atoms with van der Waals surface area (Å²) >= 11 is 0. The Morgan fingerprint density at radius 1 is 1.53 bits per heavy atom. The number of aromatic amines is 1. The van der Waals surface area contributed by atoms with Crippen molar-refractivity contribution in [2.75, 3.05) is 7.11 Å². The van der Waals surface area contributed by atoms with Crippen LogP contribution in [0.4, 0.5) is 13.2 Å². The van der Waals surface area contributed by atoms with E-state index in [-0.39, 0.29) is 0 Å². The van der Waals surface area contributed by atoms with Crippen LogP contribution < -0.4 is 5.43 Å². The molecular formula is C8H6F3NO3. The van der Waals surface area contributed by atoms with E-state index in [1.165, 1.54) is 0 Å². The molecule has 0 saturated heterocycles. The summed E-state index contributed by atoms with van der Waals surface area (Å²) in [7, 11) is 0.987. The van der Waals surface area contributed by atoms with E-state index < -0.39 is 34.9 Å². The first-order chi connectivity index (χ1) is 6.99. The predicted molar refractivity (Wildman–Crippen MR) is 43.3 cm³/mol. The van der Waals surface area contributed by atoms with Gasteiger partial charge in [0.1, 0.15) is 11.3 Å². The highest BCUT2D eigenvalue weighted by Crippen LogP contribution is 2.17. The van der Waals surface area contributed by atoms with E-state index in [1.807, 2.05) is 4.98 Å². The maximum absolute atomic E-state index is 13.0. The lowest BCUT2D eigenvalue weighted by atomic mass is 10.2. The van der Waals surface area contributed by atoms with Gasteiger partial charge < -0.3 is 9.72 Å². The number of pyridine rings is 1. The third kappa shape index (κ3) is 2.00. The SMILES string of the molecule is COC(=O)c1c[nH]c(C(F)F)c(F)c1=O. The second-order valence-electron chi connectivity index (χ2n) is 2.55. The average Bonchev–Trinajstić information content (AvgIpc) is 2.20. The smallest absolute Gasteiger partial charge is 0.343 e. The molecule has 1 heterocycles. The first-order valence-corrected chi connectivity index (χ1v) is 3.76. The van der Waals surface area contributed by atoms with Crippen molar-refractivity contribution >= 4 is 5.97 Å². The molecule has 4 nitrogen and oxygen atoms in total. The number of aromatic nitrogens is 1. The Bertz CT molecular complexity index is 441. The second-order valence-corrected chi connectivity index (χ2v) is 2.55. The Morgan fingerprint density at radius 3 is 2.60 bits per heavy atom. The Labute approximate surface area is 81.7 Å². The Hall–Kier alpha value is -1.79. The lowest BCUT2D eigenvalue weighted by molar-refractivity contribution is 0.0597. The number of esters is 1. The third-order valence-corrected chi connectivity index (χ3v) is 1.68. The van der Waals surface area contributed by atoms with E-state index >= 15 is 0 Å². The number of nitrogens with one attached hydrogen (secondary N) is 1. The van der Waals surface area contributed by atoms with Gasteiger partial charge >= 0.3 is 5.97 Å². The molecule has 0 spiro atoms. The molecule has 0 atom stereocenters. The van der Waals surface area contributed by atoms with Crippen molar-refractivity contribution in [3.05, 3.63) is 33.5 Å². The van der Waals surface area contributed by atoms with Gasteiger partial charge in [-0.15, -0.1) is 0 Å². The van der Waals surface area contributed by atoms with E-state index in [4.69, 9.17) is 0 Å². The molecule has 1 rings (SSSR count). The van der Waals surface area contributed by atoms with Crippen LogP contribution in [0.5, 0.6) is 0 Å². The highest BCUT2D eigenvalue weighted by molar-refractivity contribution is 5.88. The van der Waals surface area contributed by atoms with Gasteiger partial charge in [0, 0.05) is 6.20 Å². The topological polar surface area (TPSA) is 59.2 Å². The Morgan fingerprint density at radius 2 is 2.13 bits per heavy atom. The molecule has 82 valence electrons. The zero-order valence-corrected chi connectivity index (χ0v) is 7.51. The number of methoxy groups -OCH3 is 1. The van der Waals surface area contributed by atoms with Crippen molar-refractivity contribution in [2.24, 2.45) is 0 Å². The van der Waals surface area contributed by atoms with E-state index in [9.17, 15) is 22.8 Å². The summed E-state index contributed by atoms with van der Waals surface area (Å²) in [5, 5.41) is 0. The van der Waals surface area contributed by atoms with Gasteiger partial charge in [-0.2, -0.15) is 0 Å². The summed E-state index contributed by atoms with van der Waals surface area (Å²) in [6.07, 6.45) is -2.46. The number of H-pyrrole nitrogens is 1. The van der Waals surface area contributed by atoms with Gasteiger partial charge in [0.25, 0.3) is 6.43 Å². The van der Waals surface area contributed by atoms with Crippen LogP contribution in [0.1, 0.15) is 22.5 Å². The molecule has 0 bridgehead atoms. The highest BCUT2D eigenvalue weighted by Gasteiger charge is 2.21. The quantitative estimate of drug-likeness (QED) is 0.764. The molecule has 1 aromatic heterocycles. The maximum Gasteiger partial charge on any atom is 0.343 e. The molecule has 0 aliphatic carbocycles. The molecule has 0 aromatic carbocycles. The number of hydrogen-bond acceptors (Lipinski definition) is 3. The van der Waals surface area contributed by atoms with Gasteiger partial charge in [-0.05, 0) is 0 Å². The van der Waals surface area contributed by atoms with Gasteiger partial charge in [-0.25, -0.2) is 18.0 Å². The lowest BCUT2D eigenvalue weighted by Crippen LogP contribution is -2.21. The van der Waals surface area contributed by atoms with Gasteiger partial charge in [-0.1, -0.05) is 0 Å². The number of halogens is 3. The summed E-state index contributed by atoms with van der Waals surface area (Å²) in [5.41, 5.74) is -3.21. The van der Waals surface area contributed by atoms with Crippen molar-refractivity contribution in [1.29, 1.82) is 0 Å². The van der Waals surface area contributed by atoms with Crippen LogP contribution in [-0.2, 0) is 4.74 Å². The van der Waals surface area contributed by atoms with Crippen LogP contribution in [0.15, 0.2) is 11.0 Å². The molecule has 7 heteroatoms. The van der Waals surface area contributed by atoms with Crippen LogP contribution in [0.25, 0.3) is 0 Å². The first kappa shape index (κ1) is 11.3. The zero-order valence-electron chi connectivity index (χ0n) is 7.51. The van der Waals surface area contributed by atoms with E-state index in [2.05, 4.69) is 4.74 Å². The van der Waals surface area contributed by atoms with Crippen LogP contribution in [-0.4, -0.2) is 18.1 Å². The van der Waals surface area contributed by atoms with Gasteiger partial charge in [0.15, 0.2) is 5.82 Å². The summed E-state index contributed by atoms with van der Waals surface area (Å²) < 4.78 is 41.3. The molecule has 1 aromatic rings. The lowest BCUT2D eigenvalue weighted by Gasteiger charge is -2.03. The zero-order chi connectivity index (χ0) is 11.6. The normalized spacial score (nSPS) is 10.5. The van der Waals surface area contributed by atoms with Crippen molar-refractivity contribution in [3.63, 3.8) is 0 Å². The minimum Gasteiger partial charge on any atom is -0.465 e.